The van der Waals surface area contributed by atoms with E-state index in [0.717, 1.165) is 0 Å². The number of carbonyl (C=O) groups is 5. The maximum atomic E-state index is 13.4. The van der Waals surface area contributed by atoms with E-state index in [0.29, 0.717) is 51.5 Å². The number of hydrogen-bond acceptors (Lipinski definition) is 9. The molecule has 0 saturated carbocycles. The Labute approximate surface area is 250 Å². The second-order valence-corrected chi connectivity index (χ2v) is 10.2. The summed E-state index contributed by atoms with van der Waals surface area (Å²) >= 11 is 0. The number of rotatable bonds is 20. The summed E-state index contributed by atoms with van der Waals surface area (Å²) in [5.41, 5.74) is 32.9. The summed E-state index contributed by atoms with van der Waals surface area (Å²) < 4.78 is 0. The molecule has 0 aliphatic carbocycles. The highest BCUT2D eigenvalue weighted by Crippen LogP contribution is 2.17. The average Bonchev–Trinajstić information content (AvgIpc) is 3.45. The molecular weight excluding hydrogens is 564 g/mol. The van der Waals surface area contributed by atoms with Gasteiger partial charge in [-0.3, -0.25) is 29.2 Å². The highest BCUT2D eigenvalue weighted by molar-refractivity contribution is 5.94. The van der Waals surface area contributed by atoms with Crippen molar-refractivity contribution in [3.05, 3.63) is 0 Å². The fourth-order valence-corrected chi connectivity index (χ4v) is 4.44. The molecule has 18 heteroatoms. The van der Waals surface area contributed by atoms with Gasteiger partial charge in [0.1, 0.15) is 18.1 Å². The van der Waals surface area contributed by atoms with E-state index in [1.165, 1.54) is 4.90 Å². The highest BCUT2D eigenvalue weighted by Gasteiger charge is 2.34. The molecule has 0 aromatic heterocycles. The lowest BCUT2D eigenvalue weighted by molar-refractivity contribution is -0.148. The lowest BCUT2D eigenvalue weighted by atomic mass is 10.1. The van der Waals surface area contributed by atoms with Crippen LogP contribution in [0.4, 0.5) is 0 Å². The van der Waals surface area contributed by atoms with E-state index in [4.69, 9.17) is 34.4 Å². The van der Waals surface area contributed by atoms with Gasteiger partial charge in [0.15, 0.2) is 11.9 Å². The van der Waals surface area contributed by atoms with Crippen LogP contribution in [0.25, 0.3) is 0 Å². The third kappa shape index (κ3) is 14.5. The summed E-state index contributed by atoms with van der Waals surface area (Å²) in [5, 5.41) is 17.1. The maximum Gasteiger partial charge on any atom is 0.326 e. The van der Waals surface area contributed by atoms with Crippen molar-refractivity contribution in [2.45, 2.75) is 82.0 Å². The van der Waals surface area contributed by atoms with Gasteiger partial charge in [-0.1, -0.05) is 6.42 Å². The minimum Gasteiger partial charge on any atom is -0.480 e. The molecule has 1 saturated heterocycles. The van der Waals surface area contributed by atoms with Gasteiger partial charge in [-0.15, -0.1) is 0 Å². The summed E-state index contributed by atoms with van der Waals surface area (Å²) in [5.74, 6) is -3.82. The molecule has 0 radical (unpaired) electrons. The number of aliphatic carboxylic acids is 1. The smallest absolute Gasteiger partial charge is 0.326 e. The first-order valence-electron chi connectivity index (χ1n) is 14.3. The third-order valence-corrected chi connectivity index (χ3v) is 6.73. The summed E-state index contributed by atoms with van der Waals surface area (Å²) in [6.45, 7) is 0.633. The van der Waals surface area contributed by atoms with Gasteiger partial charge in [0, 0.05) is 19.6 Å². The lowest BCUT2D eigenvalue weighted by Gasteiger charge is -2.25. The molecule has 0 aromatic carbocycles. The number of nitrogens with one attached hydrogen (secondary N) is 3. The summed E-state index contributed by atoms with van der Waals surface area (Å²) in [6, 6.07) is -4.02. The minimum absolute atomic E-state index is 0.0945. The Balaban J connectivity index is 2.98. The van der Waals surface area contributed by atoms with Crippen LogP contribution in [0.5, 0.6) is 0 Å². The molecule has 1 aliphatic heterocycles. The summed E-state index contributed by atoms with van der Waals surface area (Å²) in [6.07, 6.45) is 3.41. The number of amides is 4. The van der Waals surface area contributed by atoms with Crippen LogP contribution in [0.3, 0.4) is 0 Å². The van der Waals surface area contributed by atoms with Crippen molar-refractivity contribution in [2.24, 2.45) is 44.4 Å². The SMILES string of the molecule is NCCCC[C@H](N)C(=O)N[C@@H](CCCN=C(N)N)C(=O)N[C@@H](CCCN=C(N)N)C(=O)NCC(=O)N1CCC[C@H]1C(=O)O. The molecule has 0 unspecified atom stereocenters. The van der Waals surface area contributed by atoms with Crippen molar-refractivity contribution >= 4 is 41.5 Å². The van der Waals surface area contributed by atoms with Gasteiger partial charge >= 0.3 is 5.97 Å². The van der Waals surface area contributed by atoms with Crippen LogP contribution >= 0.6 is 0 Å². The van der Waals surface area contributed by atoms with E-state index in [1.54, 1.807) is 0 Å². The number of carboxylic acids is 1. The molecule has 1 heterocycles. The van der Waals surface area contributed by atoms with Crippen LogP contribution in [0.15, 0.2) is 9.98 Å². The Hall–Kier alpha value is -4.19. The monoisotopic (exact) mass is 612 g/mol. The molecule has 244 valence electrons. The molecule has 18 nitrogen and oxygen atoms in total. The first kappa shape index (κ1) is 36.8. The quantitative estimate of drug-likeness (QED) is 0.0355. The van der Waals surface area contributed by atoms with Gasteiger partial charge in [0.2, 0.25) is 23.6 Å². The van der Waals surface area contributed by atoms with Crippen molar-refractivity contribution in [3.63, 3.8) is 0 Å². The number of guanidine groups is 2. The number of unbranched alkanes of at least 4 members (excludes halogenated alkanes) is 1. The fraction of sp³-hybridized carbons (Fsp3) is 0.720. The second kappa shape index (κ2) is 19.8. The first-order valence-corrected chi connectivity index (χ1v) is 14.3. The van der Waals surface area contributed by atoms with Crippen LogP contribution in [-0.2, 0) is 24.0 Å². The number of carboxylic acid groups (broad SMARTS) is 1. The van der Waals surface area contributed by atoms with Crippen LogP contribution in [-0.4, -0.2) is 108 Å². The van der Waals surface area contributed by atoms with Crippen molar-refractivity contribution < 1.29 is 29.1 Å². The Morgan fingerprint density at radius 3 is 1.91 bits per heavy atom. The van der Waals surface area contributed by atoms with Crippen molar-refractivity contribution in [3.8, 4) is 0 Å². The Kier molecular flexibility index (Phi) is 17.0. The zero-order valence-electron chi connectivity index (χ0n) is 24.5. The predicted octanol–water partition coefficient (Wildman–Crippen LogP) is -4.29. The van der Waals surface area contributed by atoms with E-state index < -0.39 is 60.3 Å². The summed E-state index contributed by atoms with van der Waals surface area (Å²) in [4.78, 5) is 72.3. The number of likely N-dealkylation sites (tertiary alicyclic amines) is 1. The number of nitrogens with two attached hydrogens (primary N) is 6. The van der Waals surface area contributed by atoms with Gasteiger partial charge in [0.05, 0.1) is 12.6 Å². The van der Waals surface area contributed by atoms with Crippen molar-refractivity contribution in [1.82, 2.24) is 20.9 Å². The van der Waals surface area contributed by atoms with Gasteiger partial charge in [0.25, 0.3) is 0 Å². The minimum atomic E-state index is -1.13. The zero-order chi connectivity index (χ0) is 32.4. The largest absolute Gasteiger partial charge is 0.480 e. The summed E-state index contributed by atoms with van der Waals surface area (Å²) in [7, 11) is 0. The topological polar surface area (TPSA) is 326 Å². The molecule has 1 fully saturated rings. The molecule has 1 aliphatic rings. The Morgan fingerprint density at radius 2 is 1.37 bits per heavy atom. The van der Waals surface area contributed by atoms with E-state index in [1.807, 2.05) is 0 Å². The molecule has 1 rings (SSSR count). The number of aliphatic imine (C=N–C) groups is 2. The molecule has 4 atom stereocenters. The zero-order valence-corrected chi connectivity index (χ0v) is 24.5. The third-order valence-electron chi connectivity index (χ3n) is 6.73. The molecular formula is C25H48N12O6. The molecule has 16 N–H and O–H groups in total. The van der Waals surface area contributed by atoms with E-state index in [2.05, 4.69) is 25.9 Å². The van der Waals surface area contributed by atoms with E-state index in [-0.39, 0.29) is 44.4 Å². The van der Waals surface area contributed by atoms with Crippen LogP contribution < -0.4 is 50.4 Å². The average molecular weight is 613 g/mol. The standard InChI is InChI=1S/C25H48N12O6/c26-10-2-1-6-15(27)20(39)35-17(8-4-12-33-25(30)31)22(41)36-16(7-3-11-32-24(28)29)21(40)34-14-19(38)37-13-5-9-18(37)23(42)43/h15-18H,1-14,26-27H2,(H,34,40)(H,35,39)(H,36,41)(H,42,43)(H4,28,29,32)(H4,30,31,33)/t15-,16-,17-,18-/m0/s1. The normalized spacial score (nSPS) is 16.3. The molecule has 43 heavy (non-hydrogen) atoms. The first-order chi connectivity index (χ1) is 20.4. The molecule has 0 bridgehead atoms. The van der Waals surface area contributed by atoms with Gasteiger partial charge < -0.3 is 60.4 Å². The van der Waals surface area contributed by atoms with Gasteiger partial charge in [-0.2, -0.15) is 0 Å². The van der Waals surface area contributed by atoms with Crippen LogP contribution in [0.2, 0.25) is 0 Å². The Bertz CT molecular complexity index is 999. The molecule has 0 aromatic rings. The van der Waals surface area contributed by atoms with Gasteiger partial charge in [-0.25, -0.2) is 4.79 Å². The highest BCUT2D eigenvalue weighted by atomic mass is 16.4. The second-order valence-electron chi connectivity index (χ2n) is 10.2. The van der Waals surface area contributed by atoms with Crippen LogP contribution in [0.1, 0.15) is 57.8 Å². The molecule has 0 spiro atoms. The predicted molar refractivity (Wildman–Crippen MR) is 160 cm³/mol. The van der Waals surface area contributed by atoms with E-state index in [9.17, 15) is 29.1 Å². The molecule has 4 amide bonds. The number of nitrogens with zero attached hydrogens (tertiary/aromatic N) is 3. The fourth-order valence-electron chi connectivity index (χ4n) is 4.44. The number of carbonyl (C=O) groups excluding carboxylic acids is 4. The van der Waals surface area contributed by atoms with Gasteiger partial charge in [-0.05, 0) is 57.9 Å². The Morgan fingerprint density at radius 1 is 0.814 bits per heavy atom. The number of hydrogen-bond donors (Lipinski definition) is 10. The van der Waals surface area contributed by atoms with E-state index >= 15 is 0 Å². The van der Waals surface area contributed by atoms with Crippen molar-refractivity contribution in [1.29, 1.82) is 0 Å². The maximum absolute atomic E-state index is 13.4. The van der Waals surface area contributed by atoms with Crippen LogP contribution in [0, 0.1) is 0 Å². The van der Waals surface area contributed by atoms with Crippen molar-refractivity contribution in [2.75, 3.05) is 32.7 Å². The lowest BCUT2D eigenvalue weighted by Crippen LogP contribution is -2.56.